The van der Waals surface area contributed by atoms with Crippen LogP contribution in [0.2, 0.25) is 0 Å². The maximum absolute atomic E-state index is 4.79. The van der Waals surface area contributed by atoms with E-state index in [-0.39, 0.29) is 0 Å². The summed E-state index contributed by atoms with van der Waals surface area (Å²) in [6.45, 7) is 14.9. The van der Waals surface area contributed by atoms with Gasteiger partial charge < -0.3 is 0 Å². The molecule has 0 aromatic heterocycles. The summed E-state index contributed by atoms with van der Waals surface area (Å²) in [5, 5.41) is 5.70. The summed E-state index contributed by atoms with van der Waals surface area (Å²) < 4.78 is 0. The first-order chi connectivity index (χ1) is 8.94. The summed E-state index contributed by atoms with van der Waals surface area (Å²) in [5.41, 5.74) is 3.77. The topological polar surface area (TPSA) is 12.0 Å². The zero-order valence-corrected chi connectivity index (χ0v) is 15.1. The minimum absolute atomic E-state index is 0.882. The van der Waals surface area contributed by atoms with E-state index >= 15 is 0 Å². The lowest BCUT2D eigenvalue weighted by Crippen LogP contribution is -2.53. The standard InChI is InChI=1S/C15H30BNP2/c1-11-7-8-12(2)18(11)15(5)19(16(18)17-6)13(3)9-10-14(19)4/h11-14,17H,5,7-10H2,1-4,6H3/q+2/t11-,12-,13-,14-/m1/s1. The molecule has 0 amide bonds. The smallest absolute Gasteiger partial charge is 0.282 e. The first kappa shape index (κ1) is 14.6. The molecule has 0 aliphatic carbocycles. The van der Waals surface area contributed by atoms with Crippen LogP contribution in [0.15, 0.2) is 11.6 Å². The minimum Gasteiger partial charge on any atom is -0.282 e. The summed E-state index contributed by atoms with van der Waals surface area (Å²) in [6.07, 6.45) is 6.70. The Morgan fingerprint density at radius 2 is 1.21 bits per heavy atom. The predicted molar refractivity (Wildman–Crippen MR) is 94.1 cm³/mol. The molecular weight excluding hydrogens is 267 g/mol. The Kier molecular flexibility index (Phi) is 3.49. The van der Waals surface area contributed by atoms with Gasteiger partial charge >= 0.3 is 6.29 Å². The molecule has 0 saturated carbocycles. The van der Waals surface area contributed by atoms with Crippen LogP contribution in [0, 0.1) is 0 Å². The quantitative estimate of drug-likeness (QED) is 0.539. The van der Waals surface area contributed by atoms with Crippen LogP contribution in [-0.4, -0.2) is 36.0 Å². The molecule has 3 saturated heterocycles. The lowest BCUT2D eigenvalue weighted by Gasteiger charge is -2.52. The molecule has 4 atom stereocenters. The molecule has 0 radical (unpaired) electrons. The molecule has 4 heteroatoms. The van der Waals surface area contributed by atoms with E-state index < -0.39 is 14.3 Å². The molecule has 0 unspecified atom stereocenters. The lowest BCUT2D eigenvalue weighted by atomic mass is 10.2. The predicted octanol–water partition coefficient (Wildman–Crippen LogP) is 4.85. The van der Waals surface area contributed by atoms with Crippen LogP contribution >= 0.6 is 14.3 Å². The molecule has 3 aliphatic rings. The SMILES string of the molecule is C=C1[P+]2(B(NC)[P+]13[C@H](C)CC[C@H]3C)[C@H](C)CC[C@H]2C. The normalized spacial score (nSPS) is 43.2. The summed E-state index contributed by atoms with van der Waals surface area (Å²) in [5.74, 6) is 0. The number of nitrogens with one attached hydrogen (secondary N) is 1. The van der Waals surface area contributed by atoms with Crippen LogP contribution in [0.4, 0.5) is 0 Å². The zero-order chi connectivity index (χ0) is 14.0. The number of hydrogen-bond donors (Lipinski definition) is 1. The van der Waals surface area contributed by atoms with Gasteiger partial charge in [-0.15, -0.1) is 0 Å². The van der Waals surface area contributed by atoms with Gasteiger partial charge in [-0.25, -0.2) is 0 Å². The molecule has 3 aliphatic heterocycles. The van der Waals surface area contributed by atoms with Gasteiger partial charge in [0.05, 0.1) is 22.6 Å². The van der Waals surface area contributed by atoms with Crippen LogP contribution < -0.4 is 5.23 Å². The van der Waals surface area contributed by atoms with Gasteiger partial charge in [-0.05, 0) is 67.0 Å². The van der Waals surface area contributed by atoms with Crippen LogP contribution in [-0.2, 0) is 0 Å². The van der Waals surface area contributed by atoms with Gasteiger partial charge in [0.15, 0.2) is 5.06 Å². The van der Waals surface area contributed by atoms with E-state index in [1.54, 1.807) is 0 Å². The van der Waals surface area contributed by atoms with Crippen molar-refractivity contribution in [1.82, 2.24) is 5.23 Å². The van der Waals surface area contributed by atoms with Gasteiger partial charge in [0.1, 0.15) is 14.3 Å². The molecule has 106 valence electrons. The van der Waals surface area contributed by atoms with E-state index in [4.69, 9.17) is 6.58 Å². The first-order valence-electron chi connectivity index (χ1n) is 8.08. The fraction of sp³-hybridized carbons (Fsp3) is 0.867. The van der Waals surface area contributed by atoms with Gasteiger partial charge in [0.25, 0.3) is 0 Å². The second-order valence-electron chi connectivity index (χ2n) is 7.30. The molecule has 2 spiro atoms. The van der Waals surface area contributed by atoms with E-state index in [1.165, 1.54) is 25.7 Å². The van der Waals surface area contributed by atoms with Crippen molar-refractivity contribution in [2.75, 3.05) is 7.05 Å². The monoisotopic (exact) mass is 297 g/mol. The molecule has 1 nitrogen and oxygen atoms in total. The largest absolute Gasteiger partial charge is 0.629 e. The lowest BCUT2D eigenvalue weighted by molar-refractivity contribution is 0.777. The highest BCUT2D eigenvalue weighted by Gasteiger charge is 2.93. The highest BCUT2D eigenvalue weighted by atomic mass is 31.3. The molecule has 0 bridgehead atoms. The summed E-state index contributed by atoms with van der Waals surface area (Å²) >= 11 is 0. The third-order valence-electron chi connectivity index (χ3n) is 6.88. The molecule has 3 rings (SSSR count). The first-order valence-corrected chi connectivity index (χ1v) is 12.1. The van der Waals surface area contributed by atoms with Crippen LogP contribution in [0.25, 0.3) is 0 Å². The van der Waals surface area contributed by atoms with E-state index in [0.29, 0.717) is 0 Å². The maximum atomic E-state index is 4.79. The molecule has 3 fully saturated rings. The van der Waals surface area contributed by atoms with Gasteiger partial charge in [0, 0.05) is 0 Å². The fourth-order valence-electron chi connectivity index (χ4n) is 5.94. The van der Waals surface area contributed by atoms with Gasteiger partial charge in [-0.1, -0.05) is 0 Å². The Labute approximate surface area is 121 Å². The van der Waals surface area contributed by atoms with E-state index in [9.17, 15) is 0 Å². The zero-order valence-electron chi connectivity index (χ0n) is 13.3. The highest BCUT2D eigenvalue weighted by Crippen LogP contribution is 3.07. The van der Waals surface area contributed by atoms with Gasteiger partial charge in [-0.2, -0.15) is 0 Å². The van der Waals surface area contributed by atoms with Crippen LogP contribution in [0.5, 0.6) is 0 Å². The van der Waals surface area contributed by atoms with Gasteiger partial charge in [-0.3, -0.25) is 5.23 Å². The molecule has 0 aromatic carbocycles. The average Bonchev–Trinajstić information content (AvgIpc) is 2.85. The fourth-order valence-corrected chi connectivity index (χ4v) is 26.1. The summed E-state index contributed by atoms with van der Waals surface area (Å²) in [7, 11) is 0.348. The Hall–Kier alpha value is 0.625. The van der Waals surface area contributed by atoms with Crippen molar-refractivity contribution in [2.24, 2.45) is 0 Å². The molecule has 19 heavy (non-hydrogen) atoms. The van der Waals surface area contributed by atoms with Crippen molar-refractivity contribution < 1.29 is 0 Å². The second-order valence-corrected chi connectivity index (χ2v) is 17.0. The van der Waals surface area contributed by atoms with Crippen LogP contribution in [0.3, 0.4) is 0 Å². The van der Waals surface area contributed by atoms with Crippen molar-refractivity contribution >= 4 is 20.6 Å². The third-order valence-corrected chi connectivity index (χ3v) is 22.0. The van der Waals surface area contributed by atoms with Crippen molar-refractivity contribution in [3.8, 4) is 0 Å². The molecule has 1 N–H and O–H groups in total. The Morgan fingerprint density at radius 3 is 1.47 bits per heavy atom. The number of rotatable bonds is 1. The van der Waals surface area contributed by atoms with E-state index in [1.807, 2.05) is 5.06 Å². The Bertz CT molecular complexity index is 357. The van der Waals surface area contributed by atoms with Crippen molar-refractivity contribution in [3.05, 3.63) is 11.6 Å². The van der Waals surface area contributed by atoms with E-state index in [2.05, 4.69) is 40.0 Å². The minimum atomic E-state index is -0.949. The summed E-state index contributed by atoms with van der Waals surface area (Å²) in [6, 6.07) is 0. The van der Waals surface area contributed by atoms with Crippen LogP contribution in [0.1, 0.15) is 53.4 Å². The maximum Gasteiger partial charge on any atom is 0.629 e. The Balaban J connectivity index is 2.07. The van der Waals surface area contributed by atoms with Crippen molar-refractivity contribution in [3.63, 3.8) is 0 Å². The number of hydrogen-bond acceptors (Lipinski definition) is 1. The van der Waals surface area contributed by atoms with Crippen molar-refractivity contribution in [1.29, 1.82) is 0 Å². The molecular formula is C15H30BNP2+2. The average molecular weight is 297 g/mol. The van der Waals surface area contributed by atoms with Crippen molar-refractivity contribution in [2.45, 2.75) is 76.0 Å². The molecule has 0 aromatic rings. The van der Waals surface area contributed by atoms with E-state index in [0.717, 1.165) is 28.9 Å². The summed E-state index contributed by atoms with van der Waals surface area (Å²) in [4.78, 5) is 0. The highest BCUT2D eigenvalue weighted by molar-refractivity contribution is 8.49. The van der Waals surface area contributed by atoms with Gasteiger partial charge in [0.2, 0.25) is 0 Å². The molecule has 3 heterocycles. The Morgan fingerprint density at radius 1 is 0.895 bits per heavy atom. The second kappa shape index (κ2) is 4.56. The third kappa shape index (κ3) is 1.40.